The second-order valence-electron chi connectivity index (χ2n) is 5.96. The quantitative estimate of drug-likeness (QED) is 0.223. The number of carbonyl (C=O) groups excluding carboxylic acids is 2. The highest BCUT2D eigenvalue weighted by Gasteiger charge is 2.45. The van der Waals surface area contributed by atoms with Crippen molar-refractivity contribution in [3.05, 3.63) is 59.3 Å². The van der Waals surface area contributed by atoms with E-state index in [2.05, 4.69) is 68.5 Å². The van der Waals surface area contributed by atoms with Crippen LogP contribution in [0.4, 0.5) is 13.2 Å². The lowest BCUT2D eigenvalue weighted by Crippen LogP contribution is -2.39. The van der Waals surface area contributed by atoms with Crippen LogP contribution in [0.1, 0.15) is 20.7 Å². The minimum atomic E-state index is -5.24. The molecule has 0 aliphatic heterocycles. The third kappa shape index (κ3) is 7.52. The van der Waals surface area contributed by atoms with E-state index in [-0.39, 0.29) is 15.8 Å². The van der Waals surface area contributed by atoms with Crippen molar-refractivity contribution in [2.75, 3.05) is 5.75 Å². The zero-order valence-electron chi connectivity index (χ0n) is 15.1. The van der Waals surface area contributed by atoms with Crippen LogP contribution in [0.5, 0.6) is 5.75 Å². The van der Waals surface area contributed by atoms with Crippen LogP contribution in [0, 0.1) is 0 Å². The van der Waals surface area contributed by atoms with Crippen LogP contribution < -0.4 is 4.74 Å². The lowest BCUT2D eigenvalue weighted by Gasteiger charge is -2.19. The Hall–Kier alpha value is -1.000. The summed E-state index contributed by atoms with van der Waals surface area (Å²) in [5, 5.41) is 0. The molecule has 0 fully saturated rings. The molecule has 15 heteroatoms. The standard InChI is InChI=1S/C17H9Br4F3O7S/c18-7-3-11(20)14(12(21)4-7)16(26)30-8-1-2-9(10(19)5-8)15(25)31-13(17(22,23)24)6-32(27,28)29/h1-5,13H,6H2,(H,27,28,29). The zero-order valence-corrected chi connectivity index (χ0v) is 22.3. The van der Waals surface area contributed by atoms with Gasteiger partial charge in [-0.05, 0) is 78.1 Å². The van der Waals surface area contributed by atoms with Crippen molar-refractivity contribution in [1.82, 2.24) is 0 Å². The highest BCUT2D eigenvalue weighted by atomic mass is 79.9. The monoisotopic (exact) mass is 730 g/mol. The summed E-state index contributed by atoms with van der Waals surface area (Å²) in [5.74, 6) is -4.19. The maximum absolute atomic E-state index is 13.0. The zero-order chi connectivity index (χ0) is 24.4. The number of ether oxygens (including phenoxy) is 2. The Kier molecular flexibility index (Phi) is 8.95. The van der Waals surface area contributed by atoms with Gasteiger partial charge in [-0.15, -0.1) is 0 Å². The average Bonchev–Trinajstić information content (AvgIpc) is 2.58. The molecule has 7 nitrogen and oxygen atoms in total. The summed E-state index contributed by atoms with van der Waals surface area (Å²) in [4.78, 5) is 24.6. The summed E-state index contributed by atoms with van der Waals surface area (Å²) in [5.41, 5.74) is -0.244. The molecule has 0 heterocycles. The van der Waals surface area contributed by atoms with Crippen LogP contribution in [0.3, 0.4) is 0 Å². The maximum Gasteiger partial charge on any atom is 0.426 e. The molecular weight excluding hydrogens is 725 g/mol. The summed E-state index contributed by atoms with van der Waals surface area (Å²) in [6.07, 6.45) is -8.32. The van der Waals surface area contributed by atoms with Crippen molar-refractivity contribution < 1.29 is 45.2 Å². The molecule has 32 heavy (non-hydrogen) atoms. The molecule has 1 atom stereocenters. The number of rotatable bonds is 6. The van der Waals surface area contributed by atoms with Gasteiger partial charge >= 0.3 is 18.1 Å². The minimum Gasteiger partial charge on any atom is -0.448 e. The predicted molar refractivity (Wildman–Crippen MR) is 120 cm³/mol. The van der Waals surface area contributed by atoms with E-state index in [1.807, 2.05) is 0 Å². The van der Waals surface area contributed by atoms with Gasteiger partial charge in [0.25, 0.3) is 10.1 Å². The van der Waals surface area contributed by atoms with Gasteiger partial charge in [0.15, 0.2) is 0 Å². The molecule has 1 unspecified atom stereocenters. The first-order chi connectivity index (χ1) is 14.6. The summed E-state index contributed by atoms with van der Waals surface area (Å²) >= 11 is 12.7. The Balaban J connectivity index is 2.23. The number of halogens is 7. The van der Waals surface area contributed by atoms with Crippen LogP contribution >= 0.6 is 63.7 Å². The van der Waals surface area contributed by atoms with Crippen molar-refractivity contribution in [2.45, 2.75) is 12.3 Å². The Bertz CT molecular complexity index is 1150. The van der Waals surface area contributed by atoms with Crippen molar-refractivity contribution in [3.63, 3.8) is 0 Å². The van der Waals surface area contributed by atoms with Gasteiger partial charge in [0, 0.05) is 17.9 Å². The third-order valence-electron chi connectivity index (χ3n) is 3.56. The largest absolute Gasteiger partial charge is 0.448 e. The van der Waals surface area contributed by atoms with Gasteiger partial charge in [-0.2, -0.15) is 21.6 Å². The van der Waals surface area contributed by atoms with Gasteiger partial charge in [-0.1, -0.05) is 15.9 Å². The van der Waals surface area contributed by atoms with E-state index in [4.69, 9.17) is 9.29 Å². The normalized spacial score (nSPS) is 12.9. The molecule has 0 amide bonds. The molecule has 0 bridgehead atoms. The van der Waals surface area contributed by atoms with Gasteiger partial charge in [0.2, 0.25) is 6.10 Å². The predicted octanol–water partition coefficient (Wildman–Crippen LogP) is 5.93. The first-order valence-electron chi connectivity index (χ1n) is 7.97. The van der Waals surface area contributed by atoms with Crippen molar-refractivity contribution >= 4 is 85.8 Å². The number of benzene rings is 2. The van der Waals surface area contributed by atoms with Gasteiger partial charge < -0.3 is 9.47 Å². The van der Waals surface area contributed by atoms with Crippen molar-refractivity contribution in [3.8, 4) is 5.75 Å². The molecule has 2 aromatic carbocycles. The van der Waals surface area contributed by atoms with Gasteiger partial charge in [-0.3, -0.25) is 4.55 Å². The number of alkyl halides is 3. The molecular formula is C17H9Br4F3O7S. The molecule has 0 aliphatic carbocycles. The molecule has 2 rings (SSSR count). The Morgan fingerprint density at radius 1 is 0.969 bits per heavy atom. The van der Waals surface area contributed by atoms with Crippen LogP contribution in [-0.4, -0.2) is 42.9 Å². The number of hydrogen-bond acceptors (Lipinski definition) is 6. The van der Waals surface area contributed by atoms with Crippen LogP contribution in [0.2, 0.25) is 0 Å². The molecule has 0 radical (unpaired) electrons. The number of esters is 2. The van der Waals surface area contributed by atoms with E-state index in [9.17, 15) is 31.2 Å². The van der Waals surface area contributed by atoms with Gasteiger partial charge in [0.1, 0.15) is 11.5 Å². The lowest BCUT2D eigenvalue weighted by atomic mass is 10.2. The Morgan fingerprint density at radius 3 is 2.00 bits per heavy atom. The summed E-state index contributed by atoms with van der Waals surface area (Å²) in [7, 11) is -5.08. The smallest absolute Gasteiger partial charge is 0.426 e. The van der Waals surface area contributed by atoms with E-state index < -0.39 is 45.7 Å². The second-order valence-corrected chi connectivity index (χ2v) is 10.9. The van der Waals surface area contributed by atoms with Gasteiger partial charge in [0.05, 0.1) is 11.1 Å². The first-order valence-corrected chi connectivity index (χ1v) is 12.8. The Morgan fingerprint density at radius 2 is 1.53 bits per heavy atom. The SMILES string of the molecule is O=C(OC(CS(=O)(=O)O)C(F)(F)F)c1ccc(OC(=O)c2c(Br)cc(Br)cc2Br)cc1Br. The molecule has 0 aromatic heterocycles. The minimum absolute atomic E-state index is 0.0505. The van der Waals surface area contributed by atoms with E-state index in [0.29, 0.717) is 13.4 Å². The fourth-order valence-electron chi connectivity index (χ4n) is 2.20. The topological polar surface area (TPSA) is 107 Å². The van der Waals surface area contributed by atoms with Crippen molar-refractivity contribution in [1.29, 1.82) is 0 Å². The summed E-state index contributed by atoms with van der Waals surface area (Å²) in [6.45, 7) is 0. The lowest BCUT2D eigenvalue weighted by molar-refractivity contribution is -0.197. The first kappa shape index (κ1) is 27.2. The van der Waals surface area contributed by atoms with E-state index in [0.717, 1.165) is 18.2 Å². The average molecular weight is 734 g/mol. The van der Waals surface area contributed by atoms with Crippen LogP contribution in [-0.2, 0) is 14.9 Å². The highest BCUT2D eigenvalue weighted by molar-refractivity contribution is 9.11. The van der Waals surface area contributed by atoms with Crippen LogP contribution in [0.15, 0.2) is 48.2 Å². The molecule has 0 saturated carbocycles. The van der Waals surface area contributed by atoms with Crippen LogP contribution in [0.25, 0.3) is 0 Å². The number of carbonyl (C=O) groups is 2. The summed E-state index contributed by atoms with van der Waals surface area (Å²) < 4.78 is 80.0. The third-order valence-corrected chi connectivity index (χ3v) is 6.65. The molecule has 0 spiro atoms. The van der Waals surface area contributed by atoms with E-state index in [1.165, 1.54) is 0 Å². The fourth-order valence-corrected chi connectivity index (χ4v) is 5.94. The second kappa shape index (κ2) is 10.5. The molecule has 0 saturated heterocycles. The molecule has 174 valence electrons. The Labute approximate surface area is 212 Å². The highest BCUT2D eigenvalue weighted by Crippen LogP contribution is 2.32. The van der Waals surface area contributed by atoms with Crippen molar-refractivity contribution in [2.24, 2.45) is 0 Å². The van der Waals surface area contributed by atoms with E-state index in [1.54, 1.807) is 12.1 Å². The number of hydrogen-bond donors (Lipinski definition) is 1. The summed E-state index contributed by atoms with van der Waals surface area (Å²) in [6, 6.07) is 6.51. The molecule has 0 aliphatic rings. The maximum atomic E-state index is 13.0. The molecule has 2 aromatic rings. The fraction of sp³-hybridized carbons (Fsp3) is 0.176. The van der Waals surface area contributed by atoms with E-state index >= 15 is 0 Å². The van der Waals surface area contributed by atoms with Gasteiger partial charge in [-0.25, -0.2) is 9.59 Å². The molecule has 1 N–H and O–H groups in total.